The van der Waals surface area contributed by atoms with Gasteiger partial charge in [0, 0.05) is 11.8 Å². The fourth-order valence-electron chi connectivity index (χ4n) is 1.93. The number of alkyl halides is 3. The van der Waals surface area contributed by atoms with Gasteiger partial charge in [0.1, 0.15) is 0 Å². The Hall–Kier alpha value is -1.96. The van der Waals surface area contributed by atoms with E-state index in [2.05, 4.69) is 10.4 Å². The van der Waals surface area contributed by atoms with E-state index in [1.807, 2.05) is 0 Å². The van der Waals surface area contributed by atoms with Gasteiger partial charge in [0.05, 0.1) is 24.3 Å². The summed E-state index contributed by atoms with van der Waals surface area (Å²) in [5.74, 6) is -2.04. The van der Waals surface area contributed by atoms with Crippen molar-refractivity contribution in [2.75, 3.05) is 7.05 Å². The number of nitrogens with zero attached hydrogens (tertiary/aromatic N) is 2. The third-order valence-electron chi connectivity index (χ3n) is 3.04. The molecule has 0 radical (unpaired) electrons. The summed E-state index contributed by atoms with van der Waals surface area (Å²) in [6.45, 7) is -0.0625. The first-order valence-electron chi connectivity index (χ1n) is 6.03. The molecule has 114 valence electrons. The molecule has 21 heavy (non-hydrogen) atoms. The SMILES string of the molecule is CNC(Cn1cc(C(F)(F)F)cn1)c1cccc(F)c1F. The average molecular weight is 305 g/mol. The minimum atomic E-state index is -4.49. The van der Waals surface area contributed by atoms with Gasteiger partial charge in [-0.15, -0.1) is 0 Å². The highest BCUT2D eigenvalue weighted by Gasteiger charge is 2.32. The van der Waals surface area contributed by atoms with Crippen molar-refractivity contribution in [1.29, 1.82) is 0 Å². The van der Waals surface area contributed by atoms with Crippen molar-refractivity contribution in [2.24, 2.45) is 0 Å². The van der Waals surface area contributed by atoms with E-state index in [0.717, 1.165) is 16.9 Å². The van der Waals surface area contributed by atoms with Crippen molar-refractivity contribution in [3.8, 4) is 0 Å². The second-order valence-electron chi connectivity index (χ2n) is 4.43. The quantitative estimate of drug-likeness (QED) is 0.880. The predicted octanol–water partition coefficient (Wildman–Crippen LogP) is 3.14. The van der Waals surface area contributed by atoms with Crippen molar-refractivity contribution in [3.05, 3.63) is 53.4 Å². The van der Waals surface area contributed by atoms with E-state index in [1.165, 1.54) is 19.2 Å². The molecule has 2 rings (SSSR count). The number of nitrogens with one attached hydrogen (secondary N) is 1. The zero-order valence-electron chi connectivity index (χ0n) is 11.0. The van der Waals surface area contributed by atoms with Crippen LogP contribution in [0.4, 0.5) is 22.0 Å². The number of likely N-dealkylation sites (N-methyl/N-ethyl adjacent to an activating group) is 1. The van der Waals surface area contributed by atoms with E-state index in [4.69, 9.17) is 0 Å². The molecule has 8 heteroatoms. The molecule has 1 aromatic heterocycles. The third-order valence-corrected chi connectivity index (χ3v) is 3.04. The highest BCUT2D eigenvalue weighted by molar-refractivity contribution is 5.22. The van der Waals surface area contributed by atoms with E-state index >= 15 is 0 Å². The van der Waals surface area contributed by atoms with Crippen LogP contribution >= 0.6 is 0 Å². The van der Waals surface area contributed by atoms with Crippen LogP contribution in [0, 0.1) is 11.6 Å². The highest BCUT2D eigenvalue weighted by atomic mass is 19.4. The van der Waals surface area contributed by atoms with Gasteiger partial charge in [-0.25, -0.2) is 8.78 Å². The Morgan fingerprint density at radius 3 is 2.57 bits per heavy atom. The molecule has 1 atom stereocenters. The third kappa shape index (κ3) is 3.38. The van der Waals surface area contributed by atoms with Gasteiger partial charge in [0.15, 0.2) is 11.6 Å². The van der Waals surface area contributed by atoms with E-state index in [0.29, 0.717) is 6.20 Å². The smallest absolute Gasteiger partial charge is 0.311 e. The molecule has 2 aromatic rings. The molecule has 0 spiro atoms. The maximum Gasteiger partial charge on any atom is 0.419 e. The molecule has 1 heterocycles. The number of aromatic nitrogens is 2. The molecule has 0 amide bonds. The Bertz CT molecular complexity index is 621. The van der Waals surface area contributed by atoms with Crippen LogP contribution in [0.15, 0.2) is 30.6 Å². The number of rotatable bonds is 4. The lowest BCUT2D eigenvalue weighted by Gasteiger charge is -2.17. The Balaban J connectivity index is 2.23. The largest absolute Gasteiger partial charge is 0.419 e. The average Bonchev–Trinajstić information content (AvgIpc) is 2.88. The van der Waals surface area contributed by atoms with Gasteiger partial charge in [-0.1, -0.05) is 12.1 Å². The summed E-state index contributed by atoms with van der Waals surface area (Å²) in [4.78, 5) is 0. The molecule has 1 aromatic carbocycles. The Morgan fingerprint density at radius 1 is 1.29 bits per heavy atom. The van der Waals surface area contributed by atoms with Crippen LogP contribution in [0.5, 0.6) is 0 Å². The zero-order valence-corrected chi connectivity index (χ0v) is 11.0. The van der Waals surface area contributed by atoms with E-state index < -0.39 is 29.4 Å². The molecule has 0 fully saturated rings. The molecular weight excluding hydrogens is 293 g/mol. The first kappa shape index (κ1) is 15.4. The van der Waals surface area contributed by atoms with Crippen LogP contribution in [0.1, 0.15) is 17.2 Å². The molecule has 0 aliphatic carbocycles. The molecule has 3 nitrogen and oxygen atoms in total. The van der Waals surface area contributed by atoms with Crippen molar-refractivity contribution in [3.63, 3.8) is 0 Å². The molecular formula is C13H12F5N3. The highest BCUT2D eigenvalue weighted by Crippen LogP contribution is 2.29. The molecule has 1 N–H and O–H groups in total. The Morgan fingerprint density at radius 2 is 2.00 bits per heavy atom. The van der Waals surface area contributed by atoms with E-state index in [1.54, 1.807) is 0 Å². The standard InChI is InChI=1S/C13H12F5N3/c1-19-11(9-3-2-4-10(14)12(9)15)7-21-6-8(5-20-21)13(16,17)18/h2-6,11,19H,7H2,1H3. The van der Waals surface area contributed by atoms with Gasteiger partial charge < -0.3 is 5.32 Å². The first-order chi connectivity index (χ1) is 9.82. The van der Waals surface area contributed by atoms with Crippen LogP contribution < -0.4 is 5.32 Å². The van der Waals surface area contributed by atoms with Crippen LogP contribution in [-0.2, 0) is 12.7 Å². The summed E-state index contributed by atoms with van der Waals surface area (Å²) in [6.07, 6.45) is -2.98. The zero-order chi connectivity index (χ0) is 15.6. The minimum Gasteiger partial charge on any atom is -0.311 e. The van der Waals surface area contributed by atoms with Crippen molar-refractivity contribution < 1.29 is 22.0 Å². The Kier molecular flexibility index (Phi) is 4.26. The van der Waals surface area contributed by atoms with Crippen LogP contribution in [0.3, 0.4) is 0 Å². The van der Waals surface area contributed by atoms with Crippen molar-refractivity contribution in [2.45, 2.75) is 18.8 Å². The number of benzene rings is 1. The normalized spacial score (nSPS) is 13.4. The monoisotopic (exact) mass is 305 g/mol. The van der Waals surface area contributed by atoms with Gasteiger partial charge in [-0.3, -0.25) is 4.68 Å². The number of hydrogen-bond acceptors (Lipinski definition) is 2. The van der Waals surface area contributed by atoms with Gasteiger partial charge in [-0.05, 0) is 13.1 Å². The topological polar surface area (TPSA) is 29.9 Å². The summed E-state index contributed by atoms with van der Waals surface area (Å²) < 4.78 is 65.4. The van der Waals surface area contributed by atoms with Crippen molar-refractivity contribution in [1.82, 2.24) is 15.1 Å². The van der Waals surface area contributed by atoms with Crippen LogP contribution in [-0.4, -0.2) is 16.8 Å². The van der Waals surface area contributed by atoms with Gasteiger partial charge in [0.25, 0.3) is 0 Å². The number of halogens is 5. The lowest BCUT2D eigenvalue weighted by atomic mass is 10.1. The second-order valence-corrected chi connectivity index (χ2v) is 4.43. The summed E-state index contributed by atoms with van der Waals surface area (Å²) in [6, 6.07) is 2.97. The Labute approximate surface area is 117 Å². The minimum absolute atomic E-state index is 0.0292. The van der Waals surface area contributed by atoms with Gasteiger partial charge in [-0.2, -0.15) is 18.3 Å². The van der Waals surface area contributed by atoms with Crippen LogP contribution in [0.25, 0.3) is 0 Å². The lowest BCUT2D eigenvalue weighted by molar-refractivity contribution is -0.137. The van der Waals surface area contributed by atoms with E-state index in [-0.39, 0.29) is 12.1 Å². The number of hydrogen-bond donors (Lipinski definition) is 1. The molecule has 0 aliphatic heterocycles. The summed E-state index contributed by atoms with van der Waals surface area (Å²) >= 11 is 0. The maximum absolute atomic E-state index is 13.7. The summed E-state index contributed by atoms with van der Waals surface area (Å²) in [5.41, 5.74) is -0.862. The second kappa shape index (κ2) is 5.80. The van der Waals surface area contributed by atoms with E-state index in [9.17, 15) is 22.0 Å². The maximum atomic E-state index is 13.7. The van der Waals surface area contributed by atoms with Crippen LogP contribution in [0.2, 0.25) is 0 Å². The first-order valence-corrected chi connectivity index (χ1v) is 6.03. The molecule has 0 saturated carbocycles. The fourth-order valence-corrected chi connectivity index (χ4v) is 1.93. The molecule has 1 unspecified atom stereocenters. The summed E-state index contributed by atoms with van der Waals surface area (Å²) in [7, 11) is 1.50. The molecule has 0 aliphatic rings. The molecule has 0 saturated heterocycles. The lowest BCUT2D eigenvalue weighted by Crippen LogP contribution is -2.23. The molecule has 0 bridgehead atoms. The predicted molar refractivity (Wildman–Crippen MR) is 65.4 cm³/mol. The van der Waals surface area contributed by atoms with Crippen molar-refractivity contribution >= 4 is 0 Å². The van der Waals surface area contributed by atoms with Gasteiger partial charge in [0.2, 0.25) is 0 Å². The summed E-state index contributed by atoms with van der Waals surface area (Å²) in [5, 5.41) is 6.32. The van der Waals surface area contributed by atoms with Gasteiger partial charge >= 0.3 is 6.18 Å². The fraction of sp³-hybridized carbons (Fsp3) is 0.308.